The van der Waals surface area contributed by atoms with E-state index in [1.807, 2.05) is 0 Å². The molecule has 1 heterocycles. The van der Waals surface area contributed by atoms with Crippen molar-refractivity contribution in [2.75, 3.05) is 18.5 Å². The summed E-state index contributed by atoms with van der Waals surface area (Å²) in [6.45, 7) is 1.50. The van der Waals surface area contributed by atoms with Crippen molar-refractivity contribution < 1.29 is 9.53 Å². The second-order valence-corrected chi connectivity index (χ2v) is 4.50. The summed E-state index contributed by atoms with van der Waals surface area (Å²) in [5, 5.41) is 11.6. The van der Waals surface area contributed by atoms with Gasteiger partial charge in [0.25, 0.3) is 0 Å². The summed E-state index contributed by atoms with van der Waals surface area (Å²) in [7, 11) is 0. The van der Waals surface area contributed by atoms with Crippen molar-refractivity contribution in [1.29, 1.82) is 5.26 Å². The minimum Gasteiger partial charge on any atom is -0.381 e. The van der Waals surface area contributed by atoms with Crippen LogP contribution in [0, 0.1) is 17.2 Å². The van der Waals surface area contributed by atoms with Gasteiger partial charge < -0.3 is 10.1 Å². The Bertz CT molecular complexity index is 459. The van der Waals surface area contributed by atoms with Gasteiger partial charge in [-0.25, -0.2) is 0 Å². The van der Waals surface area contributed by atoms with Crippen LogP contribution in [0.25, 0.3) is 0 Å². The number of nitriles is 1. The van der Waals surface area contributed by atoms with Gasteiger partial charge in [0.1, 0.15) is 0 Å². The van der Waals surface area contributed by atoms with E-state index in [4.69, 9.17) is 10.00 Å². The number of hydrogen-bond donors (Lipinski definition) is 1. The third kappa shape index (κ3) is 3.57. The third-order valence-corrected chi connectivity index (χ3v) is 3.09. The van der Waals surface area contributed by atoms with Crippen LogP contribution in [0.15, 0.2) is 24.3 Å². The van der Waals surface area contributed by atoms with Gasteiger partial charge in [0.2, 0.25) is 5.91 Å². The number of carbonyl (C=O) groups excluding carboxylic acids is 1. The highest BCUT2D eigenvalue weighted by Crippen LogP contribution is 2.19. The standard InChI is InChI=1S/C14H16N2O2/c15-10-12-2-1-3-13(8-12)16-14(17)9-11-4-6-18-7-5-11/h1-3,8,11H,4-7,9H2,(H,16,17). The fourth-order valence-corrected chi connectivity index (χ4v) is 2.09. The molecule has 0 saturated carbocycles. The third-order valence-electron chi connectivity index (χ3n) is 3.09. The Balaban J connectivity index is 1.88. The number of ether oxygens (including phenoxy) is 1. The second-order valence-electron chi connectivity index (χ2n) is 4.50. The molecule has 1 saturated heterocycles. The first-order valence-electron chi connectivity index (χ1n) is 6.15. The summed E-state index contributed by atoms with van der Waals surface area (Å²) in [6, 6.07) is 9.01. The summed E-state index contributed by atoms with van der Waals surface area (Å²) in [6.07, 6.45) is 2.43. The Labute approximate surface area is 107 Å². The van der Waals surface area contributed by atoms with Gasteiger partial charge in [0, 0.05) is 25.3 Å². The molecule has 1 aliphatic heterocycles. The molecule has 1 amide bonds. The molecule has 0 atom stereocenters. The molecule has 1 fully saturated rings. The number of nitrogens with one attached hydrogen (secondary N) is 1. The Morgan fingerprint density at radius 3 is 2.94 bits per heavy atom. The van der Waals surface area contributed by atoms with E-state index >= 15 is 0 Å². The lowest BCUT2D eigenvalue weighted by Gasteiger charge is -2.21. The molecular weight excluding hydrogens is 228 g/mol. The van der Waals surface area contributed by atoms with E-state index in [1.165, 1.54) is 0 Å². The molecule has 94 valence electrons. The molecule has 0 aliphatic carbocycles. The average molecular weight is 244 g/mol. The SMILES string of the molecule is N#Cc1cccc(NC(=O)CC2CCOCC2)c1. The molecule has 0 unspecified atom stereocenters. The molecule has 1 aliphatic rings. The summed E-state index contributed by atoms with van der Waals surface area (Å²) < 4.78 is 5.26. The molecule has 2 rings (SSSR count). The van der Waals surface area contributed by atoms with Gasteiger partial charge in [-0.1, -0.05) is 6.07 Å². The van der Waals surface area contributed by atoms with Gasteiger partial charge in [0.15, 0.2) is 0 Å². The van der Waals surface area contributed by atoms with Crippen LogP contribution in [0.2, 0.25) is 0 Å². The molecule has 1 aromatic carbocycles. The molecule has 4 nitrogen and oxygen atoms in total. The summed E-state index contributed by atoms with van der Waals surface area (Å²) in [4.78, 5) is 11.8. The largest absolute Gasteiger partial charge is 0.381 e. The maximum atomic E-state index is 11.8. The Hall–Kier alpha value is -1.86. The van der Waals surface area contributed by atoms with E-state index in [0.29, 0.717) is 23.6 Å². The van der Waals surface area contributed by atoms with Crippen LogP contribution < -0.4 is 5.32 Å². The van der Waals surface area contributed by atoms with E-state index in [-0.39, 0.29) is 5.91 Å². The fourth-order valence-electron chi connectivity index (χ4n) is 2.09. The predicted octanol–water partition coefficient (Wildman–Crippen LogP) is 2.31. The quantitative estimate of drug-likeness (QED) is 0.887. The number of carbonyl (C=O) groups is 1. The summed E-state index contributed by atoms with van der Waals surface area (Å²) in [5.41, 5.74) is 1.24. The van der Waals surface area contributed by atoms with Crippen LogP contribution in [0.4, 0.5) is 5.69 Å². The van der Waals surface area contributed by atoms with Crippen LogP contribution in [-0.4, -0.2) is 19.1 Å². The second kappa shape index (κ2) is 6.18. The molecular formula is C14H16N2O2. The average Bonchev–Trinajstić information content (AvgIpc) is 2.40. The molecule has 4 heteroatoms. The normalized spacial score (nSPS) is 15.9. The van der Waals surface area contributed by atoms with E-state index in [2.05, 4.69) is 11.4 Å². The molecule has 18 heavy (non-hydrogen) atoms. The van der Waals surface area contributed by atoms with Gasteiger partial charge in [0.05, 0.1) is 11.6 Å². The highest BCUT2D eigenvalue weighted by Gasteiger charge is 2.17. The van der Waals surface area contributed by atoms with Crippen molar-refractivity contribution in [1.82, 2.24) is 0 Å². The van der Waals surface area contributed by atoms with Crippen LogP contribution >= 0.6 is 0 Å². The summed E-state index contributed by atoms with van der Waals surface area (Å²) in [5.74, 6) is 0.426. The first-order chi connectivity index (χ1) is 8.78. The zero-order chi connectivity index (χ0) is 12.8. The van der Waals surface area contributed by atoms with Crippen molar-refractivity contribution in [2.45, 2.75) is 19.3 Å². The van der Waals surface area contributed by atoms with Crippen LogP contribution in [0.5, 0.6) is 0 Å². The zero-order valence-electron chi connectivity index (χ0n) is 10.2. The number of hydrogen-bond acceptors (Lipinski definition) is 3. The Kier molecular flexibility index (Phi) is 4.32. The Morgan fingerprint density at radius 2 is 2.22 bits per heavy atom. The minimum atomic E-state index is 0.0111. The fraction of sp³-hybridized carbons (Fsp3) is 0.429. The molecule has 0 spiro atoms. The maximum absolute atomic E-state index is 11.8. The monoisotopic (exact) mass is 244 g/mol. The van der Waals surface area contributed by atoms with E-state index < -0.39 is 0 Å². The smallest absolute Gasteiger partial charge is 0.224 e. The molecule has 0 radical (unpaired) electrons. The number of anilines is 1. The van der Waals surface area contributed by atoms with E-state index in [1.54, 1.807) is 24.3 Å². The molecule has 0 bridgehead atoms. The van der Waals surface area contributed by atoms with Crippen molar-refractivity contribution in [3.05, 3.63) is 29.8 Å². The summed E-state index contributed by atoms with van der Waals surface area (Å²) >= 11 is 0. The van der Waals surface area contributed by atoms with Crippen molar-refractivity contribution in [3.8, 4) is 6.07 Å². The lowest BCUT2D eigenvalue weighted by atomic mass is 9.96. The molecule has 0 aromatic heterocycles. The predicted molar refractivity (Wildman–Crippen MR) is 67.9 cm³/mol. The number of nitrogens with zero attached hydrogens (tertiary/aromatic N) is 1. The molecule has 1 aromatic rings. The zero-order valence-corrected chi connectivity index (χ0v) is 10.2. The van der Waals surface area contributed by atoms with Gasteiger partial charge >= 0.3 is 0 Å². The van der Waals surface area contributed by atoms with E-state index in [9.17, 15) is 4.79 Å². The van der Waals surface area contributed by atoms with Gasteiger partial charge in [-0.05, 0) is 37.0 Å². The van der Waals surface area contributed by atoms with Crippen LogP contribution in [0.3, 0.4) is 0 Å². The van der Waals surface area contributed by atoms with Crippen molar-refractivity contribution in [2.24, 2.45) is 5.92 Å². The highest BCUT2D eigenvalue weighted by molar-refractivity contribution is 5.91. The van der Waals surface area contributed by atoms with E-state index in [0.717, 1.165) is 26.1 Å². The lowest BCUT2D eigenvalue weighted by molar-refractivity contribution is -0.117. The number of amides is 1. The first-order valence-corrected chi connectivity index (χ1v) is 6.15. The highest BCUT2D eigenvalue weighted by atomic mass is 16.5. The number of rotatable bonds is 3. The number of benzene rings is 1. The van der Waals surface area contributed by atoms with Gasteiger partial charge in [-0.2, -0.15) is 5.26 Å². The van der Waals surface area contributed by atoms with Gasteiger partial charge in [-0.3, -0.25) is 4.79 Å². The van der Waals surface area contributed by atoms with Gasteiger partial charge in [-0.15, -0.1) is 0 Å². The lowest BCUT2D eigenvalue weighted by Crippen LogP contribution is -2.22. The first kappa shape index (κ1) is 12.6. The van der Waals surface area contributed by atoms with Crippen LogP contribution in [0.1, 0.15) is 24.8 Å². The molecule has 1 N–H and O–H groups in total. The Morgan fingerprint density at radius 1 is 1.44 bits per heavy atom. The van der Waals surface area contributed by atoms with Crippen LogP contribution in [-0.2, 0) is 9.53 Å². The maximum Gasteiger partial charge on any atom is 0.224 e. The topological polar surface area (TPSA) is 62.1 Å². The minimum absolute atomic E-state index is 0.0111. The van der Waals surface area contributed by atoms with Crippen molar-refractivity contribution in [3.63, 3.8) is 0 Å². The van der Waals surface area contributed by atoms with Crippen molar-refractivity contribution >= 4 is 11.6 Å².